The highest BCUT2D eigenvalue weighted by atomic mass is 16.2. The molecule has 0 aromatic heterocycles. The quantitative estimate of drug-likeness (QED) is 0.789. The van der Waals surface area contributed by atoms with Crippen LogP contribution >= 0.6 is 0 Å². The number of aryl methyl sites for hydroxylation is 2. The van der Waals surface area contributed by atoms with E-state index in [2.05, 4.69) is 6.07 Å². The lowest BCUT2D eigenvalue weighted by atomic mass is 10.0. The first-order chi connectivity index (χ1) is 12.0. The third-order valence-electron chi connectivity index (χ3n) is 5.28. The van der Waals surface area contributed by atoms with E-state index in [0.717, 1.165) is 31.2 Å². The molecule has 0 bridgehead atoms. The SMILES string of the molecule is CC(=O)N1CCCN(C(=O)CCC(=O)c2ccc3c(c2)CCC3)CC1. The van der Waals surface area contributed by atoms with E-state index in [9.17, 15) is 14.4 Å². The molecule has 5 nitrogen and oxygen atoms in total. The van der Waals surface area contributed by atoms with Crippen LogP contribution in [0.1, 0.15) is 54.1 Å². The number of benzene rings is 1. The lowest BCUT2D eigenvalue weighted by Crippen LogP contribution is -2.36. The van der Waals surface area contributed by atoms with E-state index in [1.54, 1.807) is 16.7 Å². The Hall–Kier alpha value is -2.17. The zero-order valence-electron chi connectivity index (χ0n) is 14.9. The highest BCUT2D eigenvalue weighted by Gasteiger charge is 2.21. The van der Waals surface area contributed by atoms with Crippen LogP contribution in [-0.2, 0) is 22.4 Å². The molecule has 0 saturated carbocycles. The van der Waals surface area contributed by atoms with Crippen molar-refractivity contribution >= 4 is 17.6 Å². The molecule has 3 rings (SSSR count). The van der Waals surface area contributed by atoms with Crippen molar-refractivity contribution in [3.05, 3.63) is 34.9 Å². The second-order valence-corrected chi connectivity index (χ2v) is 7.00. The van der Waals surface area contributed by atoms with Crippen LogP contribution in [0.25, 0.3) is 0 Å². The van der Waals surface area contributed by atoms with E-state index >= 15 is 0 Å². The zero-order chi connectivity index (χ0) is 17.8. The number of hydrogen-bond donors (Lipinski definition) is 0. The summed E-state index contributed by atoms with van der Waals surface area (Å²) in [6.07, 6.45) is 4.62. The topological polar surface area (TPSA) is 57.7 Å². The van der Waals surface area contributed by atoms with Crippen molar-refractivity contribution in [2.45, 2.75) is 45.4 Å². The number of nitrogens with zero attached hydrogens (tertiary/aromatic N) is 2. The summed E-state index contributed by atoms with van der Waals surface area (Å²) in [6.45, 7) is 4.07. The van der Waals surface area contributed by atoms with E-state index < -0.39 is 0 Å². The molecule has 134 valence electrons. The normalized spacial score (nSPS) is 17.2. The van der Waals surface area contributed by atoms with Crippen molar-refractivity contribution in [1.29, 1.82) is 0 Å². The second kappa shape index (κ2) is 7.81. The van der Waals surface area contributed by atoms with E-state index in [0.29, 0.717) is 26.2 Å². The van der Waals surface area contributed by atoms with E-state index in [4.69, 9.17) is 0 Å². The molecule has 0 unspecified atom stereocenters. The van der Waals surface area contributed by atoms with Gasteiger partial charge < -0.3 is 9.80 Å². The van der Waals surface area contributed by atoms with Crippen LogP contribution in [0.3, 0.4) is 0 Å². The number of ketones is 1. The highest BCUT2D eigenvalue weighted by molar-refractivity contribution is 5.98. The molecule has 0 N–H and O–H groups in total. The van der Waals surface area contributed by atoms with E-state index in [1.165, 1.54) is 11.1 Å². The predicted molar refractivity (Wildman–Crippen MR) is 95.5 cm³/mol. The summed E-state index contributed by atoms with van der Waals surface area (Å²) >= 11 is 0. The average Bonchev–Trinajstić information content (AvgIpc) is 2.93. The highest BCUT2D eigenvalue weighted by Crippen LogP contribution is 2.23. The fraction of sp³-hybridized carbons (Fsp3) is 0.550. The van der Waals surface area contributed by atoms with Gasteiger partial charge in [0, 0.05) is 51.5 Å². The minimum atomic E-state index is 0.0138. The number of hydrogen-bond acceptors (Lipinski definition) is 3. The van der Waals surface area contributed by atoms with Gasteiger partial charge in [0.25, 0.3) is 0 Å². The zero-order valence-corrected chi connectivity index (χ0v) is 14.9. The molecule has 1 aromatic carbocycles. The minimum Gasteiger partial charge on any atom is -0.341 e. The van der Waals surface area contributed by atoms with Crippen LogP contribution in [0.4, 0.5) is 0 Å². The molecule has 25 heavy (non-hydrogen) atoms. The Morgan fingerprint density at radius 3 is 2.40 bits per heavy atom. The van der Waals surface area contributed by atoms with E-state index in [-0.39, 0.29) is 30.4 Å². The molecule has 1 aromatic rings. The molecule has 1 aliphatic carbocycles. The Morgan fingerprint density at radius 1 is 0.880 bits per heavy atom. The Morgan fingerprint density at radius 2 is 1.60 bits per heavy atom. The summed E-state index contributed by atoms with van der Waals surface area (Å²) in [5.74, 6) is 0.115. The molecule has 5 heteroatoms. The molecule has 1 heterocycles. The molecule has 0 spiro atoms. The summed E-state index contributed by atoms with van der Waals surface area (Å²) in [4.78, 5) is 39.9. The van der Waals surface area contributed by atoms with Crippen LogP contribution < -0.4 is 0 Å². The number of carbonyl (C=O) groups is 3. The minimum absolute atomic E-state index is 0.0138. The summed E-state index contributed by atoms with van der Waals surface area (Å²) in [5.41, 5.74) is 3.37. The molecule has 2 amide bonds. The summed E-state index contributed by atoms with van der Waals surface area (Å²) in [5, 5.41) is 0. The van der Waals surface area contributed by atoms with Crippen molar-refractivity contribution in [1.82, 2.24) is 9.80 Å². The summed E-state index contributed by atoms with van der Waals surface area (Å²) < 4.78 is 0. The van der Waals surface area contributed by atoms with Crippen molar-refractivity contribution in [2.24, 2.45) is 0 Å². The van der Waals surface area contributed by atoms with Crippen LogP contribution in [0.15, 0.2) is 18.2 Å². The van der Waals surface area contributed by atoms with Crippen molar-refractivity contribution in [3.8, 4) is 0 Å². The van der Waals surface area contributed by atoms with Gasteiger partial charge in [-0.05, 0) is 42.9 Å². The lowest BCUT2D eigenvalue weighted by Gasteiger charge is -2.21. The van der Waals surface area contributed by atoms with Crippen LogP contribution in [0.5, 0.6) is 0 Å². The standard InChI is InChI=1S/C20H26N2O3/c1-15(23)21-10-3-11-22(13-12-21)20(25)9-8-19(24)18-7-6-16-4-2-5-17(16)14-18/h6-7,14H,2-5,8-13H2,1H3. The Labute approximate surface area is 149 Å². The molecule has 0 atom stereocenters. The Balaban J connectivity index is 1.51. The number of carbonyl (C=O) groups excluding carboxylic acids is 3. The number of Topliss-reactive ketones (excluding diaryl/α,β-unsaturated/α-hetero) is 1. The first kappa shape index (κ1) is 17.6. The fourth-order valence-electron chi connectivity index (χ4n) is 3.75. The monoisotopic (exact) mass is 342 g/mol. The first-order valence-corrected chi connectivity index (χ1v) is 9.23. The molecule has 2 aliphatic rings. The van der Waals surface area contributed by atoms with Gasteiger partial charge in [-0.25, -0.2) is 0 Å². The third-order valence-corrected chi connectivity index (χ3v) is 5.28. The molecule has 1 fully saturated rings. The van der Waals surface area contributed by atoms with Gasteiger partial charge in [0.05, 0.1) is 0 Å². The smallest absolute Gasteiger partial charge is 0.223 e. The Bertz CT molecular complexity index is 684. The van der Waals surface area contributed by atoms with Gasteiger partial charge in [0.15, 0.2) is 5.78 Å². The van der Waals surface area contributed by atoms with Crippen molar-refractivity contribution in [2.75, 3.05) is 26.2 Å². The number of amides is 2. The molecular formula is C20H26N2O3. The predicted octanol–water partition coefficient (Wildman–Crippen LogP) is 2.22. The largest absolute Gasteiger partial charge is 0.341 e. The van der Waals surface area contributed by atoms with E-state index in [1.807, 2.05) is 12.1 Å². The van der Waals surface area contributed by atoms with Crippen molar-refractivity contribution in [3.63, 3.8) is 0 Å². The van der Waals surface area contributed by atoms with Crippen LogP contribution in [0.2, 0.25) is 0 Å². The van der Waals surface area contributed by atoms with Gasteiger partial charge >= 0.3 is 0 Å². The molecule has 1 saturated heterocycles. The second-order valence-electron chi connectivity index (χ2n) is 7.00. The van der Waals surface area contributed by atoms with Crippen molar-refractivity contribution < 1.29 is 14.4 Å². The molecular weight excluding hydrogens is 316 g/mol. The van der Waals surface area contributed by atoms with Crippen LogP contribution in [-0.4, -0.2) is 53.6 Å². The fourth-order valence-corrected chi connectivity index (χ4v) is 3.75. The van der Waals surface area contributed by atoms with Gasteiger partial charge in [-0.15, -0.1) is 0 Å². The maximum atomic E-state index is 12.4. The summed E-state index contributed by atoms with van der Waals surface area (Å²) in [7, 11) is 0. The maximum Gasteiger partial charge on any atom is 0.223 e. The van der Waals surface area contributed by atoms with Gasteiger partial charge in [-0.2, -0.15) is 0 Å². The average molecular weight is 342 g/mol. The first-order valence-electron chi connectivity index (χ1n) is 9.23. The van der Waals surface area contributed by atoms with Crippen LogP contribution in [0, 0.1) is 0 Å². The number of fused-ring (bicyclic) bond motifs is 1. The molecule has 1 aliphatic heterocycles. The van der Waals surface area contributed by atoms with Gasteiger partial charge in [-0.3, -0.25) is 14.4 Å². The number of rotatable bonds is 4. The Kier molecular flexibility index (Phi) is 5.51. The van der Waals surface area contributed by atoms with Gasteiger partial charge in [0.2, 0.25) is 11.8 Å². The molecule has 0 radical (unpaired) electrons. The lowest BCUT2D eigenvalue weighted by molar-refractivity contribution is -0.132. The summed E-state index contributed by atoms with van der Waals surface area (Å²) in [6, 6.07) is 5.96. The van der Waals surface area contributed by atoms with Gasteiger partial charge in [-0.1, -0.05) is 12.1 Å². The van der Waals surface area contributed by atoms with Gasteiger partial charge in [0.1, 0.15) is 0 Å². The maximum absolute atomic E-state index is 12.4. The third kappa shape index (κ3) is 4.27.